The number of carbonyl (C=O) groups excluding carboxylic acids is 1. The first kappa shape index (κ1) is 19.9. The smallest absolute Gasteiger partial charge is 0.411 e. The zero-order chi connectivity index (χ0) is 20.9. The van der Waals surface area contributed by atoms with E-state index in [9.17, 15) is 13.2 Å². The number of benzene rings is 1. The summed E-state index contributed by atoms with van der Waals surface area (Å²) in [5.41, 5.74) is 0.330. The molecule has 0 saturated carbocycles. The number of carbonyl (C=O) groups is 1. The highest BCUT2D eigenvalue weighted by Gasteiger charge is 2.21. The Morgan fingerprint density at radius 3 is 2.38 bits per heavy atom. The molecule has 2 N–H and O–H groups in total. The number of amides is 2. The first-order valence-electron chi connectivity index (χ1n) is 7.90. The Labute approximate surface area is 165 Å². The van der Waals surface area contributed by atoms with Gasteiger partial charge in [-0.1, -0.05) is 17.3 Å². The molecule has 1 aromatic carbocycles. The number of hydrogen-bond acceptors (Lipinski definition) is 10. The normalized spacial score (nSPS) is 10.8. The zero-order valence-corrected chi connectivity index (χ0v) is 16.0. The van der Waals surface area contributed by atoms with E-state index in [1.165, 1.54) is 38.6 Å². The van der Waals surface area contributed by atoms with Crippen molar-refractivity contribution in [1.82, 2.24) is 19.8 Å². The lowest BCUT2D eigenvalue weighted by molar-refractivity contribution is 0.255. The number of nitrogens with one attached hydrogen (secondary N) is 2. The zero-order valence-electron chi connectivity index (χ0n) is 15.1. The second-order valence-corrected chi connectivity index (χ2v) is 6.52. The fourth-order valence-electron chi connectivity index (χ4n) is 2.15. The van der Waals surface area contributed by atoms with Crippen molar-refractivity contribution in [1.29, 1.82) is 0 Å². The van der Waals surface area contributed by atoms with Crippen LogP contribution in [0.1, 0.15) is 0 Å². The summed E-state index contributed by atoms with van der Waals surface area (Å²) >= 11 is 0. The maximum Gasteiger partial charge on any atom is 0.411 e. The average Bonchev–Trinajstić information content (AvgIpc) is 3.21. The largest absolute Gasteiger partial charge is 0.481 e. The van der Waals surface area contributed by atoms with Gasteiger partial charge in [-0.25, -0.2) is 9.52 Å². The van der Waals surface area contributed by atoms with Gasteiger partial charge in [-0.3, -0.25) is 5.32 Å². The first-order valence-corrected chi connectivity index (χ1v) is 9.31. The van der Waals surface area contributed by atoms with Crippen molar-refractivity contribution in [2.24, 2.45) is 0 Å². The van der Waals surface area contributed by atoms with Crippen LogP contribution < -0.4 is 23.7 Å². The van der Waals surface area contributed by atoms with Gasteiger partial charge in [0.25, 0.3) is 0 Å². The van der Waals surface area contributed by atoms with E-state index in [0.717, 1.165) is 0 Å². The molecule has 0 bridgehead atoms. The highest BCUT2D eigenvalue weighted by Crippen LogP contribution is 2.30. The van der Waals surface area contributed by atoms with E-state index < -0.39 is 16.3 Å². The van der Waals surface area contributed by atoms with Crippen molar-refractivity contribution in [2.75, 3.05) is 19.5 Å². The molecule has 0 aliphatic carbocycles. The van der Waals surface area contributed by atoms with Crippen molar-refractivity contribution in [2.45, 2.75) is 0 Å². The van der Waals surface area contributed by atoms with Gasteiger partial charge in [0.2, 0.25) is 17.7 Å². The minimum absolute atomic E-state index is 0.0659. The molecule has 2 aromatic heterocycles. The number of methoxy groups -OCH3 is 2. The van der Waals surface area contributed by atoms with Gasteiger partial charge >= 0.3 is 16.3 Å². The molecule has 0 atom stereocenters. The second kappa shape index (κ2) is 8.43. The Morgan fingerprint density at radius 2 is 1.76 bits per heavy atom. The monoisotopic (exact) mass is 421 g/mol. The SMILES string of the molecule is COc1cc(OC)nc(NC(=O)NS(=O)(=O)Oc2ccccc2-c2ccno2)n1. The Bertz CT molecular complexity index is 1080. The Balaban J connectivity index is 1.73. The molecule has 3 aromatic rings. The van der Waals surface area contributed by atoms with Gasteiger partial charge in [0.15, 0.2) is 11.5 Å². The van der Waals surface area contributed by atoms with Gasteiger partial charge in [-0.15, -0.1) is 0 Å². The minimum atomic E-state index is -4.54. The van der Waals surface area contributed by atoms with Crippen LogP contribution in [0, 0.1) is 0 Å². The fraction of sp³-hybridized carbons (Fsp3) is 0.125. The molecule has 0 spiro atoms. The van der Waals surface area contributed by atoms with Gasteiger partial charge in [0, 0.05) is 6.07 Å². The van der Waals surface area contributed by atoms with Crippen LogP contribution in [-0.4, -0.2) is 43.8 Å². The predicted octanol–water partition coefficient (Wildman–Crippen LogP) is 1.59. The molecule has 0 aliphatic heterocycles. The van der Waals surface area contributed by atoms with Gasteiger partial charge in [-0.2, -0.15) is 18.4 Å². The molecule has 2 amide bonds. The summed E-state index contributed by atoms with van der Waals surface area (Å²) in [6.45, 7) is 0. The minimum Gasteiger partial charge on any atom is -0.481 e. The number of nitrogens with zero attached hydrogens (tertiary/aromatic N) is 3. The lowest BCUT2D eigenvalue weighted by Gasteiger charge is -2.11. The summed E-state index contributed by atoms with van der Waals surface area (Å²) in [6.07, 6.45) is 1.40. The molecule has 0 radical (unpaired) electrons. The van der Waals surface area contributed by atoms with Crippen LogP contribution in [0.4, 0.5) is 10.7 Å². The lowest BCUT2D eigenvalue weighted by Crippen LogP contribution is -2.37. The molecule has 152 valence electrons. The van der Waals surface area contributed by atoms with Crippen molar-refractivity contribution >= 4 is 22.3 Å². The first-order chi connectivity index (χ1) is 13.9. The molecule has 12 nitrogen and oxygen atoms in total. The third-order valence-corrected chi connectivity index (χ3v) is 4.16. The van der Waals surface area contributed by atoms with Gasteiger partial charge < -0.3 is 18.2 Å². The molecule has 0 saturated heterocycles. The van der Waals surface area contributed by atoms with Crippen molar-refractivity contribution in [3.8, 4) is 28.8 Å². The van der Waals surface area contributed by atoms with E-state index >= 15 is 0 Å². The third kappa shape index (κ3) is 5.10. The molecule has 13 heteroatoms. The summed E-state index contributed by atoms with van der Waals surface area (Å²) in [7, 11) is -1.83. The van der Waals surface area contributed by atoms with Gasteiger partial charge in [0.05, 0.1) is 32.0 Å². The van der Waals surface area contributed by atoms with Crippen LogP contribution in [0.5, 0.6) is 17.5 Å². The van der Waals surface area contributed by atoms with Crippen LogP contribution in [0.2, 0.25) is 0 Å². The maximum absolute atomic E-state index is 12.2. The number of para-hydroxylation sites is 1. The van der Waals surface area contributed by atoms with Gasteiger partial charge in [0.1, 0.15) is 0 Å². The molecule has 3 rings (SSSR count). The topological polar surface area (TPSA) is 155 Å². The molecular formula is C16H15N5O7S. The Morgan fingerprint density at radius 1 is 1.07 bits per heavy atom. The fourth-order valence-corrected chi connectivity index (χ4v) is 2.85. The van der Waals surface area contributed by atoms with Crippen molar-refractivity contribution in [3.63, 3.8) is 0 Å². The number of anilines is 1. The van der Waals surface area contributed by atoms with Crippen molar-refractivity contribution in [3.05, 3.63) is 42.6 Å². The average molecular weight is 421 g/mol. The van der Waals surface area contributed by atoms with E-state index in [4.69, 9.17) is 18.2 Å². The molecule has 0 fully saturated rings. The summed E-state index contributed by atoms with van der Waals surface area (Å²) in [5.74, 6) is 0.191. The van der Waals surface area contributed by atoms with E-state index in [2.05, 4.69) is 20.4 Å². The van der Waals surface area contributed by atoms with Crippen LogP contribution in [0.3, 0.4) is 0 Å². The Hall–Kier alpha value is -3.87. The Kier molecular flexibility index (Phi) is 5.78. The van der Waals surface area contributed by atoms with E-state index in [-0.39, 0.29) is 29.2 Å². The maximum atomic E-state index is 12.2. The molecule has 29 heavy (non-hydrogen) atoms. The molecule has 0 unspecified atom stereocenters. The molecule has 0 aliphatic rings. The summed E-state index contributed by atoms with van der Waals surface area (Å²) < 4.78 is 46.1. The molecular weight excluding hydrogens is 406 g/mol. The third-order valence-electron chi connectivity index (χ3n) is 3.33. The van der Waals surface area contributed by atoms with Crippen LogP contribution in [0.25, 0.3) is 11.3 Å². The summed E-state index contributed by atoms with van der Waals surface area (Å²) in [6, 6.07) is 7.93. The van der Waals surface area contributed by atoms with E-state index in [1.54, 1.807) is 22.9 Å². The second-order valence-electron chi connectivity index (χ2n) is 5.24. The standard InChI is InChI=1S/C16H15N5O7S/c1-25-13-9-14(26-2)19-15(18-13)20-16(22)21-29(23,24)28-12-6-4-3-5-10(12)11-7-8-17-27-11/h3-9H,1-2H3,(H2,18,19,20,21,22). The van der Waals surface area contributed by atoms with Crippen LogP contribution >= 0.6 is 0 Å². The quantitative estimate of drug-likeness (QED) is 0.574. The number of aromatic nitrogens is 3. The number of rotatable bonds is 7. The predicted molar refractivity (Wildman–Crippen MR) is 98.8 cm³/mol. The highest BCUT2D eigenvalue weighted by molar-refractivity contribution is 7.85. The lowest BCUT2D eigenvalue weighted by atomic mass is 10.1. The summed E-state index contributed by atoms with van der Waals surface area (Å²) in [4.78, 5) is 19.8. The van der Waals surface area contributed by atoms with Crippen LogP contribution in [-0.2, 0) is 10.3 Å². The number of hydrogen-bond donors (Lipinski definition) is 2. The highest BCUT2D eigenvalue weighted by atomic mass is 32.2. The van der Waals surface area contributed by atoms with Crippen LogP contribution in [0.15, 0.2) is 47.1 Å². The van der Waals surface area contributed by atoms with Gasteiger partial charge in [-0.05, 0) is 12.1 Å². The van der Waals surface area contributed by atoms with Crippen molar-refractivity contribution < 1.29 is 31.4 Å². The summed E-state index contributed by atoms with van der Waals surface area (Å²) in [5, 5.41) is 5.72. The number of urea groups is 1. The van der Waals surface area contributed by atoms with E-state index in [1.807, 2.05) is 0 Å². The molecule has 2 heterocycles. The number of ether oxygens (including phenoxy) is 2. The van der Waals surface area contributed by atoms with E-state index in [0.29, 0.717) is 5.56 Å².